The maximum absolute atomic E-state index is 13.8. The third kappa shape index (κ3) is 7.31. The summed E-state index contributed by atoms with van der Waals surface area (Å²) >= 11 is 13.9. The van der Waals surface area contributed by atoms with E-state index in [0.29, 0.717) is 40.7 Å². The molecule has 2 fully saturated rings. The van der Waals surface area contributed by atoms with E-state index in [0.717, 1.165) is 28.9 Å². The van der Waals surface area contributed by atoms with Crippen LogP contribution in [0.1, 0.15) is 35.6 Å². The number of amides is 1. The fraction of sp³-hybridized carbons (Fsp3) is 0.387. The molecule has 47 heavy (non-hydrogen) atoms. The number of fused-ring (bicyclic) bond motifs is 1. The van der Waals surface area contributed by atoms with Crippen molar-refractivity contribution in [1.82, 2.24) is 9.29 Å². The number of ether oxygens (including phenoxy) is 3. The molecule has 3 heterocycles. The maximum atomic E-state index is 13.8. The van der Waals surface area contributed by atoms with Gasteiger partial charge in [-0.25, -0.2) is 13.2 Å². The number of anilines is 1. The van der Waals surface area contributed by atoms with E-state index in [1.165, 1.54) is 47.6 Å². The molecule has 2 atom stereocenters. The standard InChI is InChI=1S/C31H29Cl2F2N3O7S2/c1-37-24-6-5-20(10-19(24)12-28(37)39)47(41,42)38-8-9-46-29(38)30(40)44-26(13-21-22(32)14-36-15-23(21)33)18-4-7-25(45-31(34)35)27(11-18)43-16-17-2-3-17/h4-7,10-11,14-15,17,26,29,31H,2-3,8-9,12-13,16H2,1H3. The van der Waals surface area contributed by atoms with E-state index in [9.17, 15) is 26.8 Å². The van der Waals surface area contributed by atoms with Gasteiger partial charge in [0.1, 0.15) is 6.10 Å². The van der Waals surface area contributed by atoms with Gasteiger partial charge < -0.3 is 19.1 Å². The van der Waals surface area contributed by atoms with Gasteiger partial charge in [-0.1, -0.05) is 29.3 Å². The lowest BCUT2D eigenvalue weighted by molar-refractivity contribution is -0.150. The van der Waals surface area contributed by atoms with Crippen LogP contribution < -0.4 is 14.4 Å². The number of nitrogens with zero attached hydrogens (tertiary/aromatic N) is 3. The molecule has 1 aromatic heterocycles. The summed E-state index contributed by atoms with van der Waals surface area (Å²) in [4.78, 5) is 31.4. The number of aromatic nitrogens is 1. The molecule has 3 aliphatic rings. The van der Waals surface area contributed by atoms with Gasteiger partial charge in [0.25, 0.3) is 0 Å². The molecule has 1 amide bonds. The summed E-state index contributed by atoms with van der Waals surface area (Å²) in [5.74, 6) is -0.491. The third-order valence-corrected chi connectivity index (χ3v) is 11.9. The number of hydrogen-bond donors (Lipinski definition) is 0. The molecule has 1 aliphatic carbocycles. The number of hydrogen-bond acceptors (Lipinski definition) is 9. The van der Waals surface area contributed by atoms with Gasteiger partial charge in [0.15, 0.2) is 16.9 Å². The zero-order chi connectivity index (χ0) is 33.5. The highest BCUT2D eigenvalue weighted by atomic mass is 35.5. The minimum absolute atomic E-state index is 0.0421. The average Bonchev–Trinajstić information content (AvgIpc) is 3.63. The Kier molecular flexibility index (Phi) is 9.86. The lowest BCUT2D eigenvalue weighted by Crippen LogP contribution is -2.40. The molecule has 1 saturated carbocycles. The Balaban J connectivity index is 1.30. The Morgan fingerprint density at radius 1 is 1.11 bits per heavy atom. The van der Waals surface area contributed by atoms with Crippen LogP contribution in [-0.4, -0.2) is 67.5 Å². The minimum Gasteiger partial charge on any atom is -0.489 e. The molecular formula is C31H29Cl2F2N3O7S2. The summed E-state index contributed by atoms with van der Waals surface area (Å²) in [5.41, 5.74) is 1.98. The van der Waals surface area contributed by atoms with Crippen molar-refractivity contribution in [2.45, 2.75) is 48.7 Å². The van der Waals surface area contributed by atoms with Crippen LogP contribution in [0.3, 0.4) is 0 Å². The number of halogens is 4. The van der Waals surface area contributed by atoms with Crippen LogP contribution in [0.2, 0.25) is 10.0 Å². The predicted octanol–water partition coefficient (Wildman–Crippen LogP) is 5.89. The summed E-state index contributed by atoms with van der Waals surface area (Å²) in [6, 6.07) is 8.67. The Hall–Kier alpha value is -3.17. The summed E-state index contributed by atoms with van der Waals surface area (Å²) < 4.78 is 71.6. The molecule has 250 valence electrons. The van der Waals surface area contributed by atoms with Gasteiger partial charge in [-0.15, -0.1) is 11.8 Å². The number of esters is 1. The van der Waals surface area contributed by atoms with Gasteiger partial charge in [0.05, 0.1) is 28.0 Å². The Morgan fingerprint density at radius 3 is 2.55 bits per heavy atom. The average molecular weight is 729 g/mol. The van der Waals surface area contributed by atoms with Crippen LogP contribution in [0.15, 0.2) is 53.7 Å². The first-order chi connectivity index (χ1) is 22.4. The van der Waals surface area contributed by atoms with Gasteiger partial charge in [-0.3, -0.25) is 9.78 Å². The Bertz CT molecular complexity index is 1790. The first-order valence-electron chi connectivity index (χ1n) is 14.6. The smallest absolute Gasteiger partial charge is 0.387 e. The van der Waals surface area contributed by atoms with E-state index in [-0.39, 0.29) is 51.7 Å². The molecule has 2 unspecified atom stereocenters. The van der Waals surface area contributed by atoms with Crippen molar-refractivity contribution < 1.29 is 41.0 Å². The zero-order valence-electron chi connectivity index (χ0n) is 24.9. The number of carbonyl (C=O) groups is 2. The second-order valence-electron chi connectivity index (χ2n) is 11.3. The quantitative estimate of drug-likeness (QED) is 0.211. The normalized spacial score (nSPS) is 18.8. The molecule has 2 aliphatic heterocycles. The van der Waals surface area contributed by atoms with Crippen LogP contribution in [0, 0.1) is 5.92 Å². The van der Waals surface area contributed by atoms with E-state index in [2.05, 4.69) is 9.72 Å². The van der Waals surface area contributed by atoms with Gasteiger partial charge in [-0.2, -0.15) is 13.1 Å². The monoisotopic (exact) mass is 727 g/mol. The van der Waals surface area contributed by atoms with Gasteiger partial charge in [0.2, 0.25) is 15.9 Å². The summed E-state index contributed by atoms with van der Waals surface area (Å²) in [6.45, 7) is -2.74. The van der Waals surface area contributed by atoms with E-state index in [4.69, 9.17) is 32.7 Å². The van der Waals surface area contributed by atoms with Crippen LogP contribution in [0.5, 0.6) is 11.5 Å². The Morgan fingerprint density at radius 2 is 1.85 bits per heavy atom. The van der Waals surface area contributed by atoms with Crippen molar-refractivity contribution in [3.05, 3.63) is 75.5 Å². The number of sulfonamides is 1. The van der Waals surface area contributed by atoms with Crippen LogP contribution >= 0.6 is 35.0 Å². The summed E-state index contributed by atoms with van der Waals surface area (Å²) in [6.07, 6.45) is 3.63. The van der Waals surface area contributed by atoms with Gasteiger partial charge in [0, 0.05) is 43.8 Å². The minimum atomic E-state index is -4.17. The summed E-state index contributed by atoms with van der Waals surface area (Å²) in [5, 5.41) is -0.807. The highest BCUT2D eigenvalue weighted by Gasteiger charge is 2.43. The van der Waals surface area contributed by atoms with Crippen LogP contribution in [0.4, 0.5) is 14.5 Å². The lowest BCUT2D eigenvalue weighted by atomic mass is 10.0. The molecule has 1 saturated heterocycles. The molecule has 2 aromatic carbocycles. The largest absolute Gasteiger partial charge is 0.489 e. The third-order valence-electron chi connectivity index (χ3n) is 8.11. The van der Waals surface area contributed by atoms with Crippen molar-refractivity contribution in [2.24, 2.45) is 5.92 Å². The first kappa shape index (κ1) is 33.7. The van der Waals surface area contributed by atoms with Crippen molar-refractivity contribution >= 4 is 62.6 Å². The van der Waals surface area contributed by atoms with Crippen molar-refractivity contribution in [1.29, 1.82) is 0 Å². The molecule has 6 rings (SSSR count). The SMILES string of the molecule is CN1C(=O)Cc2cc(S(=O)(=O)N3CCSC3C(=O)OC(Cc3c(Cl)cncc3Cl)c3ccc(OC(F)F)c(OCC4CC4)c3)ccc21. The molecule has 0 bridgehead atoms. The van der Waals surface area contributed by atoms with Crippen LogP contribution in [-0.2, 0) is 37.2 Å². The fourth-order valence-corrected chi connectivity index (χ4v) is 9.01. The fourth-order valence-electron chi connectivity index (χ4n) is 5.40. The highest BCUT2D eigenvalue weighted by molar-refractivity contribution is 8.02. The van der Waals surface area contributed by atoms with E-state index in [1.807, 2.05) is 0 Å². The number of carbonyl (C=O) groups excluding carboxylic acids is 2. The summed E-state index contributed by atoms with van der Waals surface area (Å²) in [7, 11) is -2.55. The number of likely N-dealkylation sites (N-methyl/N-ethyl adjacent to an activating group) is 1. The number of pyridine rings is 1. The topological polar surface area (TPSA) is 115 Å². The molecule has 0 radical (unpaired) electrons. The lowest BCUT2D eigenvalue weighted by Gasteiger charge is -2.26. The maximum Gasteiger partial charge on any atom is 0.387 e. The second kappa shape index (κ2) is 13.7. The van der Waals surface area contributed by atoms with Gasteiger partial charge in [-0.05, 0) is 65.8 Å². The van der Waals surface area contributed by atoms with Crippen molar-refractivity contribution in [2.75, 3.05) is 30.9 Å². The number of alkyl halides is 2. The predicted molar refractivity (Wildman–Crippen MR) is 172 cm³/mol. The molecule has 10 nitrogen and oxygen atoms in total. The van der Waals surface area contributed by atoms with E-state index in [1.54, 1.807) is 13.1 Å². The van der Waals surface area contributed by atoms with Crippen molar-refractivity contribution in [3.8, 4) is 11.5 Å². The molecule has 0 spiro atoms. The zero-order valence-corrected chi connectivity index (χ0v) is 28.1. The van der Waals surface area contributed by atoms with Crippen molar-refractivity contribution in [3.63, 3.8) is 0 Å². The molecular weight excluding hydrogens is 699 g/mol. The first-order valence-corrected chi connectivity index (χ1v) is 17.9. The van der Waals surface area contributed by atoms with Crippen LogP contribution in [0.25, 0.3) is 0 Å². The van der Waals surface area contributed by atoms with E-state index < -0.39 is 34.1 Å². The number of thioether (sulfide) groups is 1. The number of benzene rings is 2. The Labute approximate surface area is 284 Å². The second-order valence-corrected chi connectivity index (χ2v) is 15.2. The van der Waals surface area contributed by atoms with E-state index >= 15 is 0 Å². The highest BCUT2D eigenvalue weighted by Crippen LogP contribution is 2.40. The van der Waals surface area contributed by atoms with Gasteiger partial charge >= 0.3 is 12.6 Å². The molecule has 16 heteroatoms. The number of rotatable bonds is 12. The molecule has 3 aromatic rings. The molecule has 0 N–H and O–H groups in total.